The maximum Gasteiger partial charge on any atom is 0.417 e. The molecule has 15 heteroatoms. The first-order valence-corrected chi connectivity index (χ1v) is 11.1. The third kappa shape index (κ3) is 4.77. The number of carbonyl (C=O) groups is 1. The Balaban J connectivity index is 2.02. The Morgan fingerprint density at radius 2 is 1.72 bits per heavy atom. The molecular formula is C17H14F3N5O5S2. The van der Waals surface area contributed by atoms with Crippen molar-refractivity contribution < 1.29 is 35.9 Å². The highest BCUT2D eigenvalue weighted by Gasteiger charge is 2.31. The zero-order valence-corrected chi connectivity index (χ0v) is 18.2. The van der Waals surface area contributed by atoms with Crippen molar-refractivity contribution >= 4 is 32.2 Å². The van der Waals surface area contributed by atoms with Crippen molar-refractivity contribution in [3.8, 4) is 23.1 Å². The highest BCUT2D eigenvalue weighted by Crippen LogP contribution is 2.36. The minimum absolute atomic E-state index is 0.0983. The quantitative estimate of drug-likeness (QED) is 0.555. The summed E-state index contributed by atoms with van der Waals surface area (Å²) in [5, 5.41) is 2.25. The normalized spacial score (nSPS) is 11.8. The Morgan fingerprint density at radius 3 is 2.19 bits per heavy atom. The first kappa shape index (κ1) is 23.3. The van der Waals surface area contributed by atoms with Crippen molar-refractivity contribution in [2.75, 3.05) is 25.8 Å². The molecule has 0 aliphatic rings. The highest BCUT2D eigenvalue weighted by atomic mass is 32.2. The standard InChI is InChI=1S/C17H14F3N5O5S2/c1-29-13-10(14(30-2)23-7-22-13)12(26)25-16-24-11(15(31-16)32(3,27)28)9-5-4-8(6-21-9)17(18,19)20/h4-7H,1-3H3,(H,24,25,26). The fourth-order valence-electron chi connectivity index (χ4n) is 2.49. The fourth-order valence-corrected chi connectivity index (χ4v) is 4.54. The molecule has 1 N–H and O–H groups in total. The molecule has 0 saturated carbocycles. The minimum Gasteiger partial charge on any atom is -0.480 e. The van der Waals surface area contributed by atoms with E-state index in [4.69, 9.17) is 9.47 Å². The molecule has 0 atom stereocenters. The molecule has 0 spiro atoms. The number of amides is 1. The van der Waals surface area contributed by atoms with Crippen molar-refractivity contribution in [2.24, 2.45) is 0 Å². The van der Waals surface area contributed by atoms with Crippen LogP contribution in [0.5, 0.6) is 11.8 Å². The average molecular weight is 489 g/mol. The molecule has 0 radical (unpaired) electrons. The number of nitrogens with zero attached hydrogens (tertiary/aromatic N) is 4. The van der Waals surface area contributed by atoms with E-state index in [1.807, 2.05) is 0 Å². The van der Waals surface area contributed by atoms with E-state index in [0.29, 0.717) is 17.5 Å². The number of aromatic nitrogens is 4. The third-order valence-corrected chi connectivity index (χ3v) is 6.67. The highest BCUT2D eigenvalue weighted by molar-refractivity contribution is 7.93. The first-order valence-electron chi connectivity index (χ1n) is 8.44. The van der Waals surface area contributed by atoms with Gasteiger partial charge in [-0.05, 0) is 12.1 Å². The monoisotopic (exact) mass is 489 g/mol. The predicted molar refractivity (Wildman–Crippen MR) is 107 cm³/mol. The molecule has 32 heavy (non-hydrogen) atoms. The van der Waals surface area contributed by atoms with Crippen LogP contribution in [-0.2, 0) is 16.0 Å². The summed E-state index contributed by atoms with van der Waals surface area (Å²) in [6.07, 6.45) is -2.02. The van der Waals surface area contributed by atoms with Gasteiger partial charge in [0.1, 0.15) is 12.0 Å². The maximum absolute atomic E-state index is 12.8. The van der Waals surface area contributed by atoms with Gasteiger partial charge in [-0.3, -0.25) is 15.1 Å². The maximum atomic E-state index is 12.8. The van der Waals surface area contributed by atoms with Crippen molar-refractivity contribution in [2.45, 2.75) is 10.4 Å². The van der Waals surface area contributed by atoms with Gasteiger partial charge in [0.2, 0.25) is 11.8 Å². The lowest BCUT2D eigenvalue weighted by molar-refractivity contribution is -0.137. The van der Waals surface area contributed by atoms with E-state index in [-0.39, 0.29) is 38.1 Å². The summed E-state index contributed by atoms with van der Waals surface area (Å²) in [5.41, 5.74) is -1.49. The van der Waals surface area contributed by atoms with Crippen molar-refractivity contribution in [3.63, 3.8) is 0 Å². The topological polar surface area (TPSA) is 133 Å². The zero-order valence-electron chi connectivity index (χ0n) is 16.6. The van der Waals surface area contributed by atoms with Gasteiger partial charge in [-0.2, -0.15) is 13.2 Å². The minimum atomic E-state index is -4.61. The SMILES string of the molecule is COc1ncnc(OC)c1C(=O)Nc1nc(-c2ccc(C(F)(F)F)cn2)c(S(C)(=O)=O)s1. The second kappa shape index (κ2) is 8.66. The lowest BCUT2D eigenvalue weighted by Crippen LogP contribution is -2.16. The largest absolute Gasteiger partial charge is 0.480 e. The van der Waals surface area contributed by atoms with E-state index in [1.165, 1.54) is 14.2 Å². The third-order valence-electron chi connectivity index (χ3n) is 3.88. The molecule has 3 rings (SSSR count). The Kier molecular flexibility index (Phi) is 6.32. The van der Waals surface area contributed by atoms with Gasteiger partial charge < -0.3 is 9.47 Å². The molecule has 0 saturated heterocycles. The lowest BCUT2D eigenvalue weighted by Gasteiger charge is -2.09. The van der Waals surface area contributed by atoms with E-state index >= 15 is 0 Å². The number of sulfone groups is 1. The molecule has 3 aromatic rings. The Morgan fingerprint density at radius 1 is 1.09 bits per heavy atom. The van der Waals surface area contributed by atoms with Crippen LogP contribution in [0, 0.1) is 0 Å². The Labute approximate surface area is 183 Å². The van der Waals surface area contributed by atoms with Crippen LogP contribution in [0.3, 0.4) is 0 Å². The van der Waals surface area contributed by atoms with Crippen LogP contribution in [0.25, 0.3) is 11.4 Å². The number of halogens is 3. The number of pyridine rings is 1. The second-order valence-electron chi connectivity index (χ2n) is 6.08. The fraction of sp³-hybridized carbons (Fsp3) is 0.235. The molecule has 0 aromatic carbocycles. The zero-order chi connectivity index (χ0) is 23.7. The number of rotatable bonds is 6. The van der Waals surface area contributed by atoms with Crippen LogP contribution in [-0.4, -0.2) is 54.7 Å². The van der Waals surface area contributed by atoms with E-state index in [2.05, 4.69) is 25.3 Å². The number of hydrogen-bond acceptors (Lipinski definition) is 10. The summed E-state index contributed by atoms with van der Waals surface area (Å²) in [6, 6.07) is 1.75. The van der Waals surface area contributed by atoms with Crippen LogP contribution in [0.15, 0.2) is 28.9 Å². The number of carbonyl (C=O) groups excluding carboxylic acids is 1. The van der Waals surface area contributed by atoms with Crippen molar-refractivity contribution in [3.05, 3.63) is 35.8 Å². The molecule has 0 aliphatic heterocycles. The summed E-state index contributed by atoms with van der Waals surface area (Å²) in [5.74, 6) is -1.00. The smallest absolute Gasteiger partial charge is 0.417 e. The van der Waals surface area contributed by atoms with Crippen LogP contribution >= 0.6 is 11.3 Å². The molecule has 1 amide bonds. The number of hydrogen-bond donors (Lipinski definition) is 1. The van der Waals surface area contributed by atoms with E-state index in [9.17, 15) is 26.4 Å². The Hall–Kier alpha value is -3.33. The number of alkyl halides is 3. The van der Waals surface area contributed by atoms with Gasteiger partial charge in [0.15, 0.2) is 24.7 Å². The number of ether oxygens (including phenoxy) is 2. The van der Waals surface area contributed by atoms with Crippen molar-refractivity contribution in [1.82, 2.24) is 19.9 Å². The lowest BCUT2D eigenvalue weighted by atomic mass is 10.2. The summed E-state index contributed by atoms with van der Waals surface area (Å²) in [7, 11) is -1.31. The van der Waals surface area contributed by atoms with Gasteiger partial charge in [0.05, 0.1) is 25.5 Å². The summed E-state index contributed by atoms with van der Waals surface area (Å²) >= 11 is 0.605. The summed E-state index contributed by atoms with van der Waals surface area (Å²) in [6.45, 7) is 0. The van der Waals surface area contributed by atoms with E-state index < -0.39 is 27.5 Å². The number of thiazole rings is 1. The first-order chi connectivity index (χ1) is 15.0. The molecule has 3 aromatic heterocycles. The van der Waals surface area contributed by atoms with Crippen LogP contribution in [0.2, 0.25) is 0 Å². The average Bonchev–Trinajstić information content (AvgIpc) is 3.16. The molecular weight excluding hydrogens is 475 g/mol. The van der Waals surface area contributed by atoms with E-state index in [0.717, 1.165) is 24.7 Å². The molecule has 0 bridgehead atoms. The Bertz CT molecular complexity index is 1240. The van der Waals surface area contributed by atoms with Gasteiger partial charge in [0, 0.05) is 12.5 Å². The van der Waals surface area contributed by atoms with Gasteiger partial charge in [-0.1, -0.05) is 11.3 Å². The van der Waals surface area contributed by atoms with E-state index in [1.54, 1.807) is 0 Å². The molecule has 0 aliphatic carbocycles. The van der Waals surface area contributed by atoms with Crippen LogP contribution in [0.1, 0.15) is 15.9 Å². The van der Waals surface area contributed by atoms with Crippen LogP contribution < -0.4 is 14.8 Å². The molecule has 0 unspecified atom stereocenters. The molecule has 170 valence electrons. The summed E-state index contributed by atoms with van der Waals surface area (Å²) < 4.78 is 72.6. The van der Waals surface area contributed by atoms with Gasteiger partial charge in [-0.25, -0.2) is 23.4 Å². The molecule has 0 fully saturated rings. The molecule has 3 heterocycles. The molecule has 10 nitrogen and oxygen atoms in total. The predicted octanol–water partition coefficient (Wildman–Crippen LogP) is 2.69. The van der Waals surface area contributed by atoms with Crippen molar-refractivity contribution in [1.29, 1.82) is 0 Å². The van der Waals surface area contributed by atoms with Gasteiger partial charge in [-0.15, -0.1) is 0 Å². The summed E-state index contributed by atoms with van der Waals surface area (Å²) in [4.78, 5) is 28.1. The van der Waals surface area contributed by atoms with Gasteiger partial charge >= 0.3 is 6.18 Å². The number of anilines is 1. The number of methoxy groups -OCH3 is 2. The second-order valence-corrected chi connectivity index (χ2v) is 9.29. The van der Waals surface area contributed by atoms with Crippen LogP contribution in [0.4, 0.5) is 18.3 Å². The number of nitrogens with one attached hydrogen (secondary N) is 1. The van der Waals surface area contributed by atoms with Gasteiger partial charge in [0.25, 0.3) is 5.91 Å².